The van der Waals surface area contributed by atoms with Gasteiger partial charge in [-0.15, -0.1) is 0 Å². The maximum atomic E-state index is 12.2. The van der Waals surface area contributed by atoms with E-state index in [4.69, 9.17) is 4.74 Å². The van der Waals surface area contributed by atoms with Gasteiger partial charge in [-0.3, -0.25) is 9.71 Å². The standard InChI is InChI=1S/C13H14N2O3S/c1-10-5-6-13(18-2)12(8-10)15-19(16,17)11-4-3-7-14-9-11/h3-9,15H,1-2H3. The van der Waals surface area contributed by atoms with E-state index in [1.165, 1.54) is 25.6 Å². The number of pyridine rings is 1. The molecule has 0 atom stereocenters. The lowest BCUT2D eigenvalue weighted by Gasteiger charge is -2.12. The largest absolute Gasteiger partial charge is 0.495 e. The van der Waals surface area contributed by atoms with Crippen LogP contribution >= 0.6 is 0 Å². The minimum Gasteiger partial charge on any atom is -0.495 e. The highest BCUT2D eigenvalue weighted by molar-refractivity contribution is 7.92. The summed E-state index contributed by atoms with van der Waals surface area (Å²) in [4.78, 5) is 3.91. The molecule has 1 heterocycles. The van der Waals surface area contributed by atoms with Crippen LogP contribution in [0.15, 0.2) is 47.6 Å². The number of aryl methyl sites for hydroxylation is 1. The minimum absolute atomic E-state index is 0.110. The first-order valence-electron chi connectivity index (χ1n) is 5.60. The van der Waals surface area contributed by atoms with E-state index in [-0.39, 0.29) is 4.90 Å². The summed E-state index contributed by atoms with van der Waals surface area (Å²) in [5.74, 6) is 0.470. The molecule has 1 N–H and O–H groups in total. The number of hydrogen-bond donors (Lipinski definition) is 1. The van der Waals surface area contributed by atoms with Crippen molar-refractivity contribution in [2.45, 2.75) is 11.8 Å². The number of benzene rings is 1. The molecule has 19 heavy (non-hydrogen) atoms. The lowest BCUT2D eigenvalue weighted by Crippen LogP contribution is -2.13. The van der Waals surface area contributed by atoms with Crippen LogP contribution in [0.3, 0.4) is 0 Å². The Bertz CT molecular complexity index is 670. The quantitative estimate of drug-likeness (QED) is 0.931. The molecule has 0 bridgehead atoms. The normalized spacial score (nSPS) is 11.1. The lowest BCUT2D eigenvalue weighted by atomic mass is 10.2. The summed E-state index contributed by atoms with van der Waals surface area (Å²) in [6.07, 6.45) is 2.82. The second-order valence-electron chi connectivity index (χ2n) is 4.00. The molecule has 0 fully saturated rings. The Morgan fingerprint density at radius 2 is 2.05 bits per heavy atom. The summed E-state index contributed by atoms with van der Waals surface area (Å²) >= 11 is 0. The van der Waals surface area contributed by atoms with Gasteiger partial charge in [0.25, 0.3) is 10.0 Å². The molecule has 0 radical (unpaired) electrons. The van der Waals surface area contributed by atoms with Crippen LogP contribution in [0.2, 0.25) is 0 Å². The number of nitrogens with one attached hydrogen (secondary N) is 1. The first-order valence-corrected chi connectivity index (χ1v) is 7.09. The lowest BCUT2D eigenvalue weighted by molar-refractivity contribution is 0.417. The van der Waals surface area contributed by atoms with Gasteiger partial charge in [0.15, 0.2) is 0 Å². The van der Waals surface area contributed by atoms with Crippen molar-refractivity contribution >= 4 is 15.7 Å². The number of anilines is 1. The zero-order valence-electron chi connectivity index (χ0n) is 10.6. The van der Waals surface area contributed by atoms with Gasteiger partial charge in [-0.25, -0.2) is 8.42 Å². The summed E-state index contributed by atoms with van der Waals surface area (Å²) in [7, 11) is -2.16. The van der Waals surface area contributed by atoms with E-state index in [2.05, 4.69) is 9.71 Å². The SMILES string of the molecule is COc1ccc(C)cc1NS(=O)(=O)c1cccnc1. The summed E-state index contributed by atoms with van der Waals surface area (Å²) < 4.78 is 32.0. The summed E-state index contributed by atoms with van der Waals surface area (Å²) in [5, 5.41) is 0. The average molecular weight is 278 g/mol. The van der Waals surface area contributed by atoms with Crippen LogP contribution < -0.4 is 9.46 Å². The minimum atomic E-state index is -3.66. The molecule has 2 aromatic rings. The molecule has 1 aromatic heterocycles. The Kier molecular flexibility index (Phi) is 3.71. The van der Waals surface area contributed by atoms with Gasteiger partial charge < -0.3 is 4.74 Å². The van der Waals surface area contributed by atoms with E-state index in [1.807, 2.05) is 13.0 Å². The molecule has 0 aliphatic carbocycles. The Morgan fingerprint density at radius 3 is 2.68 bits per heavy atom. The molecule has 100 valence electrons. The Balaban J connectivity index is 2.38. The number of rotatable bonds is 4. The van der Waals surface area contributed by atoms with Gasteiger partial charge in [-0.2, -0.15) is 0 Å². The van der Waals surface area contributed by atoms with Gasteiger partial charge >= 0.3 is 0 Å². The van der Waals surface area contributed by atoms with Crippen molar-refractivity contribution in [3.8, 4) is 5.75 Å². The zero-order chi connectivity index (χ0) is 13.9. The van der Waals surface area contributed by atoms with Gasteiger partial charge in [0.2, 0.25) is 0 Å². The molecule has 1 aromatic carbocycles. The van der Waals surface area contributed by atoms with E-state index in [0.717, 1.165) is 5.56 Å². The maximum absolute atomic E-state index is 12.2. The van der Waals surface area contributed by atoms with Crippen molar-refractivity contribution in [3.05, 3.63) is 48.3 Å². The van der Waals surface area contributed by atoms with Crippen molar-refractivity contribution in [1.29, 1.82) is 0 Å². The molecule has 0 saturated heterocycles. The summed E-state index contributed by atoms with van der Waals surface area (Å²) in [6.45, 7) is 1.88. The number of nitrogens with zero attached hydrogens (tertiary/aromatic N) is 1. The maximum Gasteiger partial charge on any atom is 0.263 e. The number of ether oxygens (including phenoxy) is 1. The zero-order valence-corrected chi connectivity index (χ0v) is 11.4. The van der Waals surface area contributed by atoms with Gasteiger partial charge in [0.05, 0.1) is 12.8 Å². The molecule has 0 aliphatic rings. The van der Waals surface area contributed by atoms with E-state index in [9.17, 15) is 8.42 Å². The van der Waals surface area contributed by atoms with Crippen molar-refractivity contribution in [2.24, 2.45) is 0 Å². The van der Waals surface area contributed by atoms with E-state index < -0.39 is 10.0 Å². The highest BCUT2D eigenvalue weighted by Gasteiger charge is 2.16. The third-order valence-electron chi connectivity index (χ3n) is 2.54. The Labute approximate surface area is 112 Å². The fourth-order valence-electron chi connectivity index (χ4n) is 1.61. The van der Waals surface area contributed by atoms with E-state index >= 15 is 0 Å². The first kappa shape index (κ1) is 13.4. The number of methoxy groups -OCH3 is 1. The Morgan fingerprint density at radius 1 is 1.26 bits per heavy atom. The van der Waals surface area contributed by atoms with Crippen molar-refractivity contribution in [1.82, 2.24) is 4.98 Å². The van der Waals surface area contributed by atoms with Crippen LogP contribution in [-0.2, 0) is 10.0 Å². The first-order chi connectivity index (χ1) is 9.03. The third-order valence-corrected chi connectivity index (χ3v) is 3.89. The predicted octanol–water partition coefficient (Wildman–Crippen LogP) is 2.20. The van der Waals surface area contributed by atoms with Gasteiger partial charge in [0, 0.05) is 12.4 Å². The van der Waals surface area contributed by atoms with Crippen molar-refractivity contribution in [2.75, 3.05) is 11.8 Å². The topological polar surface area (TPSA) is 68.3 Å². The van der Waals surface area contributed by atoms with E-state index in [0.29, 0.717) is 11.4 Å². The summed E-state index contributed by atoms with van der Waals surface area (Å²) in [5.41, 5.74) is 1.34. The predicted molar refractivity (Wildman–Crippen MR) is 72.8 cm³/mol. The molecule has 0 unspecified atom stereocenters. The van der Waals surface area contributed by atoms with Crippen LogP contribution in [0.5, 0.6) is 5.75 Å². The number of hydrogen-bond acceptors (Lipinski definition) is 4. The van der Waals surface area contributed by atoms with Crippen LogP contribution in [0.1, 0.15) is 5.56 Å². The van der Waals surface area contributed by atoms with Crippen LogP contribution in [0.4, 0.5) is 5.69 Å². The van der Waals surface area contributed by atoms with Gasteiger partial charge in [0.1, 0.15) is 10.6 Å². The number of aromatic nitrogens is 1. The van der Waals surface area contributed by atoms with Gasteiger partial charge in [-0.05, 0) is 36.8 Å². The molecule has 6 heteroatoms. The molecule has 0 aliphatic heterocycles. The van der Waals surface area contributed by atoms with Crippen molar-refractivity contribution in [3.63, 3.8) is 0 Å². The highest BCUT2D eigenvalue weighted by Crippen LogP contribution is 2.27. The monoisotopic (exact) mass is 278 g/mol. The number of sulfonamides is 1. The molecule has 0 saturated carbocycles. The molecule has 0 spiro atoms. The highest BCUT2D eigenvalue weighted by atomic mass is 32.2. The molecule has 5 nitrogen and oxygen atoms in total. The third kappa shape index (κ3) is 3.03. The fourth-order valence-corrected chi connectivity index (χ4v) is 2.64. The Hall–Kier alpha value is -2.08. The second kappa shape index (κ2) is 5.27. The molecule has 2 rings (SSSR count). The van der Waals surface area contributed by atoms with Crippen LogP contribution in [0, 0.1) is 6.92 Å². The van der Waals surface area contributed by atoms with Crippen LogP contribution in [0.25, 0.3) is 0 Å². The molecular formula is C13H14N2O3S. The molecule has 0 amide bonds. The van der Waals surface area contributed by atoms with E-state index in [1.54, 1.807) is 18.2 Å². The summed E-state index contributed by atoms with van der Waals surface area (Å²) in [6, 6.07) is 8.34. The van der Waals surface area contributed by atoms with Crippen LogP contribution in [-0.4, -0.2) is 20.5 Å². The molecular weight excluding hydrogens is 264 g/mol. The van der Waals surface area contributed by atoms with Gasteiger partial charge in [-0.1, -0.05) is 6.07 Å². The average Bonchev–Trinajstić information content (AvgIpc) is 2.39. The second-order valence-corrected chi connectivity index (χ2v) is 5.68. The fraction of sp³-hybridized carbons (Fsp3) is 0.154. The van der Waals surface area contributed by atoms with Crippen molar-refractivity contribution < 1.29 is 13.2 Å². The smallest absolute Gasteiger partial charge is 0.263 e.